The van der Waals surface area contributed by atoms with Crippen LogP contribution in [0.5, 0.6) is 0 Å². The smallest absolute Gasteiger partial charge is 0.237 e. The van der Waals surface area contributed by atoms with Crippen molar-refractivity contribution in [1.82, 2.24) is 10.2 Å². The summed E-state index contributed by atoms with van der Waals surface area (Å²) >= 11 is 2.64. The molecule has 2 heterocycles. The van der Waals surface area contributed by atoms with E-state index >= 15 is 0 Å². The van der Waals surface area contributed by atoms with Gasteiger partial charge in [-0.25, -0.2) is 0 Å². The highest BCUT2D eigenvalue weighted by Crippen LogP contribution is 2.30. The number of aryl methyl sites for hydroxylation is 1. The second kappa shape index (κ2) is 7.75. The lowest BCUT2D eigenvalue weighted by atomic mass is 9.96. The zero-order valence-electron chi connectivity index (χ0n) is 15.1. The fraction of sp³-hybridized carbons (Fsp3) is 0.444. The van der Waals surface area contributed by atoms with Crippen molar-refractivity contribution in [3.63, 3.8) is 0 Å². The van der Waals surface area contributed by atoms with Crippen LogP contribution in [-0.2, 0) is 16.0 Å². The van der Waals surface area contributed by atoms with Gasteiger partial charge in [0.1, 0.15) is 0 Å². The molecular weight excluding hydrogens is 368 g/mol. The number of aromatic nitrogens is 2. The Bertz CT molecular complexity index is 814. The lowest BCUT2D eigenvalue weighted by Gasteiger charge is -2.29. The number of nitrogens with one attached hydrogen (secondary N) is 1. The molecule has 0 spiro atoms. The van der Waals surface area contributed by atoms with Crippen molar-refractivity contribution in [2.75, 3.05) is 22.5 Å². The Hall–Kier alpha value is -1.93. The van der Waals surface area contributed by atoms with Gasteiger partial charge >= 0.3 is 0 Å². The van der Waals surface area contributed by atoms with Crippen LogP contribution in [0.1, 0.15) is 32.8 Å². The fourth-order valence-corrected chi connectivity index (χ4v) is 4.22. The molecule has 1 aromatic carbocycles. The van der Waals surface area contributed by atoms with Gasteiger partial charge in [0.2, 0.25) is 16.9 Å². The summed E-state index contributed by atoms with van der Waals surface area (Å²) in [6, 6.07) is 8.06. The molecule has 3 rings (SSSR count). The van der Waals surface area contributed by atoms with Gasteiger partial charge in [0.25, 0.3) is 0 Å². The van der Waals surface area contributed by atoms with E-state index in [-0.39, 0.29) is 11.8 Å². The van der Waals surface area contributed by atoms with E-state index in [0.717, 1.165) is 25.1 Å². The summed E-state index contributed by atoms with van der Waals surface area (Å²) in [6.07, 6.45) is 2.00. The van der Waals surface area contributed by atoms with Crippen LogP contribution in [0.4, 0.5) is 10.8 Å². The van der Waals surface area contributed by atoms with E-state index in [1.54, 1.807) is 0 Å². The Morgan fingerprint density at radius 1 is 1.27 bits per heavy atom. The monoisotopic (exact) mass is 390 g/mol. The molecule has 1 aromatic heterocycles. The van der Waals surface area contributed by atoms with E-state index in [1.807, 2.05) is 43.9 Å². The third kappa shape index (κ3) is 4.42. The molecule has 6 nitrogen and oxygen atoms in total. The second-order valence-corrected chi connectivity index (χ2v) is 9.34. The normalized spacial score (nSPS) is 14.0. The minimum absolute atomic E-state index is 0.0672. The summed E-state index contributed by atoms with van der Waals surface area (Å²) in [6.45, 7) is 6.27. The fourth-order valence-electron chi connectivity index (χ4n) is 2.60. The maximum atomic E-state index is 12.6. The highest BCUT2D eigenvalue weighted by molar-refractivity contribution is 8.01. The summed E-state index contributed by atoms with van der Waals surface area (Å²) < 4.78 is 0.674. The topological polar surface area (TPSA) is 75.2 Å². The largest absolute Gasteiger partial charge is 0.311 e. The Labute approximate surface area is 161 Å². The van der Waals surface area contributed by atoms with Gasteiger partial charge in [-0.1, -0.05) is 62.1 Å². The number of carbonyl (C=O) groups is 2. The van der Waals surface area contributed by atoms with Gasteiger partial charge in [0.15, 0.2) is 4.34 Å². The Kier molecular flexibility index (Phi) is 5.62. The number of benzene rings is 1. The molecule has 1 aliphatic rings. The van der Waals surface area contributed by atoms with E-state index in [0.29, 0.717) is 15.2 Å². The van der Waals surface area contributed by atoms with Crippen LogP contribution in [0.25, 0.3) is 0 Å². The van der Waals surface area contributed by atoms with E-state index in [1.165, 1.54) is 28.7 Å². The third-order valence-electron chi connectivity index (χ3n) is 4.04. The predicted octanol–water partition coefficient (Wildman–Crippen LogP) is 3.59. The standard InChI is InChI=1S/C18H22N4O2S2/c1-18(2,3)15(24)19-16-20-21-17(26-16)25-11-14(23)22-10-6-8-12-7-4-5-9-13(12)22/h4-5,7,9H,6,8,10-11H2,1-3H3,(H,19,20,24). The van der Waals surface area contributed by atoms with Crippen LogP contribution in [0.15, 0.2) is 28.6 Å². The first kappa shape index (κ1) is 18.8. The summed E-state index contributed by atoms with van der Waals surface area (Å²) in [5.74, 6) is 0.264. The summed E-state index contributed by atoms with van der Waals surface area (Å²) in [4.78, 5) is 26.5. The molecule has 0 radical (unpaired) electrons. The molecule has 2 aromatic rings. The highest BCUT2D eigenvalue weighted by Gasteiger charge is 2.24. The van der Waals surface area contributed by atoms with Crippen molar-refractivity contribution in [2.45, 2.75) is 38.0 Å². The van der Waals surface area contributed by atoms with Gasteiger partial charge in [0, 0.05) is 17.6 Å². The van der Waals surface area contributed by atoms with Crippen LogP contribution in [0.2, 0.25) is 0 Å². The quantitative estimate of drug-likeness (QED) is 0.638. The third-order valence-corrected chi connectivity index (χ3v) is 6.00. The molecule has 0 bridgehead atoms. The molecule has 0 unspecified atom stereocenters. The zero-order valence-corrected chi connectivity index (χ0v) is 16.7. The van der Waals surface area contributed by atoms with Gasteiger partial charge in [-0.2, -0.15) is 0 Å². The first-order valence-electron chi connectivity index (χ1n) is 8.50. The van der Waals surface area contributed by atoms with Crippen LogP contribution in [0, 0.1) is 5.41 Å². The minimum atomic E-state index is -0.489. The first-order valence-corrected chi connectivity index (χ1v) is 10.3. The Morgan fingerprint density at radius 3 is 2.81 bits per heavy atom. The summed E-state index contributed by atoms with van der Waals surface area (Å²) in [5.41, 5.74) is 1.75. The molecular formula is C18H22N4O2S2. The number of hydrogen-bond acceptors (Lipinski definition) is 6. The molecule has 138 valence electrons. The van der Waals surface area contributed by atoms with Crippen LogP contribution < -0.4 is 10.2 Å². The van der Waals surface area contributed by atoms with Crippen molar-refractivity contribution in [1.29, 1.82) is 0 Å². The molecule has 1 aliphatic heterocycles. The van der Waals surface area contributed by atoms with Crippen molar-refractivity contribution in [3.05, 3.63) is 29.8 Å². The average molecular weight is 391 g/mol. The molecule has 0 saturated heterocycles. The van der Waals surface area contributed by atoms with Crippen LogP contribution in [-0.4, -0.2) is 34.3 Å². The maximum absolute atomic E-state index is 12.6. The molecule has 0 fully saturated rings. The number of carbonyl (C=O) groups excluding carboxylic acids is 2. The lowest BCUT2D eigenvalue weighted by molar-refractivity contribution is -0.123. The number of fused-ring (bicyclic) bond motifs is 1. The van der Waals surface area contributed by atoms with Crippen LogP contribution in [0.3, 0.4) is 0 Å². The molecule has 8 heteroatoms. The van der Waals surface area contributed by atoms with Gasteiger partial charge in [-0.3, -0.25) is 9.59 Å². The number of amides is 2. The number of hydrogen-bond donors (Lipinski definition) is 1. The van der Waals surface area contributed by atoms with E-state index < -0.39 is 5.41 Å². The van der Waals surface area contributed by atoms with Gasteiger partial charge < -0.3 is 10.2 Å². The lowest BCUT2D eigenvalue weighted by Crippen LogP contribution is -2.36. The molecule has 2 amide bonds. The molecule has 1 N–H and O–H groups in total. The first-order chi connectivity index (χ1) is 12.3. The number of rotatable bonds is 4. The number of anilines is 2. The summed E-state index contributed by atoms with van der Waals surface area (Å²) in [7, 11) is 0. The minimum Gasteiger partial charge on any atom is -0.311 e. The average Bonchev–Trinajstić information content (AvgIpc) is 3.06. The van der Waals surface area contributed by atoms with E-state index in [9.17, 15) is 9.59 Å². The van der Waals surface area contributed by atoms with Gasteiger partial charge in [0.05, 0.1) is 5.75 Å². The second-order valence-electron chi connectivity index (χ2n) is 7.14. The van der Waals surface area contributed by atoms with Crippen molar-refractivity contribution >= 4 is 45.7 Å². The number of para-hydroxylation sites is 1. The zero-order chi connectivity index (χ0) is 18.7. The van der Waals surface area contributed by atoms with Crippen LogP contribution >= 0.6 is 23.1 Å². The van der Waals surface area contributed by atoms with Gasteiger partial charge in [-0.15, -0.1) is 10.2 Å². The molecule has 0 aliphatic carbocycles. The highest BCUT2D eigenvalue weighted by atomic mass is 32.2. The van der Waals surface area contributed by atoms with E-state index in [2.05, 4.69) is 21.6 Å². The molecule has 0 saturated carbocycles. The Morgan fingerprint density at radius 2 is 2.04 bits per heavy atom. The Balaban J connectivity index is 1.59. The van der Waals surface area contributed by atoms with Crippen molar-refractivity contribution in [3.8, 4) is 0 Å². The van der Waals surface area contributed by atoms with Crippen molar-refractivity contribution in [2.24, 2.45) is 5.41 Å². The number of thioether (sulfide) groups is 1. The molecule has 0 atom stereocenters. The molecule has 26 heavy (non-hydrogen) atoms. The van der Waals surface area contributed by atoms with Gasteiger partial charge in [-0.05, 0) is 24.5 Å². The SMILES string of the molecule is CC(C)(C)C(=O)Nc1nnc(SCC(=O)N2CCCc3ccccc32)s1. The maximum Gasteiger partial charge on any atom is 0.237 e. The summed E-state index contributed by atoms with van der Waals surface area (Å²) in [5, 5.41) is 11.3. The predicted molar refractivity (Wildman–Crippen MR) is 106 cm³/mol. The number of nitrogens with zero attached hydrogens (tertiary/aromatic N) is 3. The van der Waals surface area contributed by atoms with Crippen molar-refractivity contribution < 1.29 is 9.59 Å². The van der Waals surface area contributed by atoms with E-state index in [4.69, 9.17) is 0 Å².